The van der Waals surface area contributed by atoms with Gasteiger partial charge >= 0.3 is 15.8 Å². The monoisotopic (exact) mass is 437 g/mol. The van der Waals surface area contributed by atoms with Crippen LogP contribution >= 0.6 is 0 Å². The van der Waals surface area contributed by atoms with E-state index < -0.39 is 10.0 Å². The van der Waals surface area contributed by atoms with Crippen molar-refractivity contribution in [1.82, 2.24) is 19.6 Å². The molecular formula is C22H25N6O2S+. The third kappa shape index (κ3) is 2.66. The molecule has 0 amide bonds. The number of aromatic nitrogens is 4. The molecule has 0 saturated heterocycles. The molecule has 1 aromatic carbocycles. The van der Waals surface area contributed by atoms with Crippen LogP contribution in [0.4, 0.5) is 5.82 Å². The predicted octanol–water partition coefficient (Wildman–Crippen LogP) is 2.40. The predicted molar refractivity (Wildman–Crippen MR) is 115 cm³/mol. The Balaban J connectivity index is 1.47. The fraction of sp³-hybridized carbons (Fsp3) is 0.455. The van der Waals surface area contributed by atoms with Gasteiger partial charge in [0.2, 0.25) is 5.65 Å². The molecule has 2 aromatic heterocycles. The summed E-state index contributed by atoms with van der Waals surface area (Å²) in [6.07, 6.45) is 9.76. The summed E-state index contributed by atoms with van der Waals surface area (Å²) in [5.74, 6) is 1.37. The van der Waals surface area contributed by atoms with Crippen LogP contribution in [0.1, 0.15) is 55.6 Å². The number of fused-ring (bicyclic) bond motifs is 6. The van der Waals surface area contributed by atoms with E-state index in [1.54, 1.807) is 36.7 Å². The van der Waals surface area contributed by atoms with E-state index in [0.717, 1.165) is 55.6 Å². The van der Waals surface area contributed by atoms with Gasteiger partial charge in [-0.2, -0.15) is 8.42 Å². The number of sulfonamides is 1. The molecule has 3 aromatic rings. The van der Waals surface area contributed by atoms with Crippen LogP contribution in [0.15, 0.2) is 35.4 Å². The first kappa shape index (κ1) is 19.1. The molecule has 7 rings (SSSR count). The first-order valence-corrected chi connectivity index (χ1v) is 12.2. The van der Waals surface area contributed by atoms with Crippen molar-refractivity contribution >= 4 is 27.7 Å². The molecule has 3 aliphatic carbocycles. The Labute approximate surface area is 180 Å². The lowest BCUT2D eigenvalue weighted by Crippen LogP contribution is -2.54. The van der Waals surface area contributed by atoms with Crippen LogP contribution in [0.5, 0.6) is 0 Å². The summed E-state index contributed by atoms with van der Waals surface area (Å²) in [5, 5.41) is 8.98. The van der Waals surface area contributed by atoms with Crippen molar-refractivity contribution in [3.8, 4) is 0 Å². The molecule has 0 spiro atoms. The average molecular weight is 438 g/mol. The fourth-order valence-corrected chi connectivity index (χ4v) is 6.85. The van der Waals surface area contributed by atoms with E-state index in [0.29, 0.717) is 17.9 Å². The molecule has 4 aliphatic rings. The van der Waals surface area contributed by atoms with Gasteiger partial charge in [0.1, 0.15) is 16.4 Å². The van der Waals surface area contributed by atoms with Gasteiger partial charge in [0.15, 0.2) is 6.20 Å². The van der Waals surface area contributed by atoms with Gasteiger partial charge in [-0.25, -0.2) is 0 Å². The molecule has 1 aliphatic heterocycles. The third-order valence-electron chi connectivity index (χ3n) is 7.53. The molecule has 9 heteroatoms. The number of hydrogen-bond acceptors (Lipinski definition) is 6. The van der Waals surface area contributed by atoms with E-state index in [1.165, 1.54) is 3.98 Å². The number of nitrogens with two attached hydrogens (primary N) is 1. The summed E-state index contributed by atoms with van der Waals surface area (Å²) in [4.78, 5) is 4.73. The second-order valence-electron chi connectivity index (χ2n) is 9.39. The second kappa shape index (κ2) is 6.20. The van der Waals surface area contributed by atoms with E-state index in [9.17, 15) is 8.42 Å². The number of hydrogen-bond donors (Lipinski definition) is 1. The topological polar surface area (TPSA) is 106 Å². The molecule has 3 heterocycles. The average Bonchev–Trinajstić information content (AvgIpc) is 3.39. The maximum Gasteiger partial charge on any atom is 0.358 e. The smallest absolute Gasteiger partial charge is 0.325 e. The number of rotatable bonds is 3. The summed E-state index contributed by atoms with van der Waals surface area (Å²) in [5.41, 5.74) is 8.95. The highest BCUT2D eigenvalue weighted by Crippen LogP contribution is 2.52. The Morgan fingerprint density at radius 3 is 2.39 bits per heavy atom. The Morgan fingerprint density at radius 2 is 1.71 bits per heavy atom. The van der Waals surface area contributed by atoms with Gasteiger partial charge in [-0.1, -0.05) is 17.7 Å². The van der Waals surface area contributed by atoms with Crippen LogP contribution in [0.25, 0.3) is 5.65 Å². The SMILES string of the molecule is Cc1ccc(S(=O)(=O)[N+]2=CCc3c2ncc2nnc(C45CCC(N)(CC4)CC5)n32)cc1. The molecule has 3 saturated carbocycles. The van der Waals surface area contributed by atoms with E-state index in [-0.39, 0.29) is 15.8 Å². The molecule has 0 unspecified atom stereocenters. The highest BCUT2D eigenvalue weighted by molar-refractivity contribution is 7.85. The molecule has 0 atom stereocenters. The van der Waals surface area contributed by atoms with Crippen molar-refractivity contribution in [2.75, 3.05) is 0 Å². The molecule has 3 fully saturated rings. The highest BCUT2D eigenvalue weighted by atomic mass is 32.2. The Morgan fingerprint density at radius 1 is 1.03 bits per heavy atom. The minimum atomic E-state index is -3.73. The number of aryl methyl sites for hydroxylation is 1. The lowest BCUT2D eigenvalue weighted by atomic mass is 9.57. The molecule has 8 nitrogen and oxygen atoms in total. The summed E-state index contributed by atoms with van der Waals surface area (Å²) < 4.78 is 30.0. The zero-order chi connectivity index (χ0) is 21.4. The van der Waals surface area contributed by atoms with Crippen molar-refractivity contribution in [2.24, 2.45) is 5.73 Å². The first-order chi connectivity index (χ1) is 14.8. The van der Waals surface area contributed by atoms with Gasteiger partial charge in [-0.3, -0.25) is 4.40 Å². The lowest BCUT2D eigenvalue weighted by molar-refractivity contribution is -0.257. The van der Waals surface area contributed by atoms with Crippen LogP contribution in [0.2, 0.25) is 0 Å². The molecule has 0 radical (unpaired) electrons. The Bertz CT molecular complexity index is 1330. The van der Waals surface area contributed by atoms with Crippen LogP contribution < -0.4 is 5.73 Å². The quantitative estimate of drug-likeness (QED) is 0.631. The Hall–Kier alpha value is -2.65. The van der Waals surface area contributed by atoms with Gasteiger partial charge in [0.25, 0.3) is 0 Å². The molecular weight excluding hydrogens is 412 g/mol. The molecule has 31 heavy (non-hydrogen) atoms. The minimum Gasteiger partial charge on any atom is -0.325 e. The molecule has 2 N–H and O–H groups in total. The van der Waals surface area contributed by atoms with Crippen molar-refractivity contribution in [3.05, 3.63) is 47.5 Å². The normalized spacial score (nSPS) is 27.5. The maximum absolute atomic E-state index is 13.3. The Kier molecular flexibility index (Phi) is 3.81. The first-order valence-electron chi connectivity index (χ1n) is 10.8. The zero-order valence-electron chi connectivity index (χ0n) is 17.5. The van der Waals surface area contributed by atoms with Crippen molar-refractivity contribution in [3.63, 3.8) is 0 Å². The van der Waals surface area contributed by atoms with Crippen LogP contribution in [0, 0.1) is 6.92 Å². The van der Waals surface area contributed by atoms with Crippen molar-refractivity contribution < 1.29 is 12.4 Å². The maximum atomic E-state index is 13.3. The fourth-order valence-electron chi connectivity index (χ4n) is 5.49. The number of nitrogens with zero attached hydrogens (tertiary/aromatic N) is 5. The zero-order valence-corrected chi connectivity index (χ0v) is 18.3. The molecule has 2 bridgehead atoms. The van der Waals surface area contributed by atoms with E-state index in [1.807, 2.05) is 6.92 Å². The van der Waals surface area contributed by atoms with E-state index in [2.05, 4.69) is 19.6 Å². The van der Waals surface area contributed by atoms with Crippen LogP contribution in [-0.4, -0.2) is 43.7 Å². The summed E-state index contributed by atoms with van der Waals surface area (Å²) in [6.45, 7) is 1.93. The molecule has 160 valence electrons. The summed E-state index contributed by atoms with van der Waals surface area (Å²) >= 11 is 0. The van der Waals surface area contributed by atoms with Crippen LogP contribution in [0.3, 0.4) is 0 Å². The summed E-state index contributed by atoms with van der Waals surface area (Å²) in [7, 11) is -3.73. The van der Waals surface area contributed by atoms with E-state index in [4.69, 9.17) is 5.73 Å². The van der Waals surface area contributed by atoms with Crippen molar-refractivity contribution in [2.45, 2.75) is 67.7 Å². The van der Waals surface area contributed by atoms with Gasteiger partial charge in [0, 0.05) is 11.0 Å². The number of benzene rings is 1. The van der Waals surface area contributed by atoms with Gasteiger partial charge in [-0.05, 0) is 62.6 Å². The van der Waals surface area contributed by atoms with Gasteiger partial charge in [-0.15, -0.1) is 14.2 Å². The highest BCUT2D eigenvalue weighted by Gasteiger charge is 2.50. The van der Waals surface area contributed by atoms with E-state index >= 15 is 0 Å². The van der Waals surface area contributed by atoms with Gasteiger partial charge in [0.05, 0.1) is 12.6 Å². The summed E-state index contributed by atoms with van der Waals surface area (Å²) in [6, 6.07) is 6.89. The van der Waals surface area contributed by atoms with Crippen molar-refractivity contribution in [1.29, 1.82) is 0 Å². The lowest BCUT2D eigenvalue weighted by Gasteiger charge is -2.50. The van der Waals surface area contributed by atoms with Crippen LogP contribution in [-0.2, 0) is 21.9 Å². The minimum absolute atomic E-state index is 0.0293. The standard InChI is InChI=1S/C22H25N6O2S/c1-15-2-4-16(5-3-15)31(29,30)27-13-6-17-19(27)24-14-18-25-26-20(28(17)18)21-7-10-22(23,11-8-21)12-9-21/h2-5,13-14H,6-12,23H2,1H3/q+1. The van der Waals surface area contributed by atoms with Gasteiger partial charge < -0.3 is 5.73 Å². The third-order valence-corrected chi connectivity index (χ3v) is 9.24. The largest absolute Gasteiger partial charge is 0.358 e. The second-order valence-corrected chi connectivity index (χ2v) is 11.2.